The Balaban J connectivity index is 2.04. The maximum Gasteiger partial charge on any atom is 0.134 e. The molecule has 3 rings (SSSR count). The van der Waals surface area contributed by atoms with E-state index in [0.717, 1.165) is 17.8 Å². The third-order valence-corrected chi connectivity index (χ3v) is 5.41. The Hall–Kier alpha value is -0.690. The van der Waals surface area contributed by atoms with E-state index in [1.807, 2.05) is 6.07 Å². The number of fused-ring (bicyclic) bond motifs is 1. The number of hydrogen-bond donors (Lipinski definition) is 1. The summed E-state index contributed by atoms with van der Waals surface area (Å²) in [6, 6.07) is 5.85. The van der Waals surface area contributed by atoms with Crippen LogP contribution in [0.5, 0.6) is 5.75 Å². The molecule has 0 aliphatic heterocycles. The molecule has 0 radical (unpaired) electrons. The summed E-state index contributed by atoms with van der Waals surface area (Å²) in [5.74, 6) is 2.64. The topological polar surface area (TPSA) is 20.2 Å². The number of rotatable bonds is 1. The molecule has 0 aromatic heterocycles. The number of phenols is 1. The number of hydrogen-bond acceptors (Lipinski definition) is 1. The van der Waals surface area contributed by atoms with E-state index in [-0.39, 0.29) is 5.75 Å². The number of phenolic OH excluding ortho intramolecular Hbond substituents is 1. The second-order valence-corrected chi connectivity index (χ2v) is 7.02. The molecule has 2 atom stereocenters. The van der Waals surface area contributed by atoms with E-state index in [1.165, 1.54) is 31.2 Å². The fraction of sp³-hybridized carbons (Fsp3) is 0.625. The van der Waals surface area contributed by atoms with E-state index in [0.29, 0.717) is 10.4 Å². The first-order chi connectivity index (χ1) is 8.51. The van der Waals surface area contributed by atoms with Crippen LogP contribution in [0.25, 0.3) is 0 Å². The molecule has 1 nitrogen and oxygen atoms in total. The lowest BCUT2D eigenvalue weighted by molar-refractivity contribution is 0.363. The van der Waals surface area contributed by atoms with Crippen LogP contribution < -0.4 is 0 Å². The van der Waals surface area contributed by atoms with Crippen molar-refractivity contribution in [1.29, 1.82) is 0 Å². The first-order valence-electron chi connectivity index (χ1n) is 7.00. The van der Waals surface area contributed by atoms with Crippen molar-refractivity contribution in [2.75, 3.05) is 0 Å². The van der Waals surface area contributed by atoms with Gasteiger partial charge >= 0.3 is 0 Å². The molecule has 0 saturated heterocycles. The van der Waals surface area contributed by atoms with Crippen LogP contribution in [0.4, 0.5) is 0 Å². The average Bonchev–Trinajstić information content (AvgIpc) is 2.74. The van der Waals surface area contributed by atoms with Gasteiger partial charge in [-0.2, -0.15) is 0 Å². The first kappa shape index (κ1) is 12.3. The van der Waals surface area contributed by atoms with E-state index in [9.17, 15) is 5.11 Å². The van der Waals surface area contributed by atoms with Gasteiger partial charge in [0.25, 0.3) is 0 Å². The molecule has 2 aliphatic rings. The van der Waals surface area contributed by atoms with Gasteiger partial charge in [0.15, 0.2) is 0 Å². The Labute approximate surface area is 114 Å². The van der Waals surface area contributed by atoms with Gasteiger partial charge in [0.2, 0.25) is 0 Å². The molecule has 2 fully saturated rings. The van der Waals surface area contributed by atoms with Crippen LogP contribution in [0.15, 0.2) is 18.2 Å². The molecule has 2 heteroatoms. The van der Waals surface area contributed by atoms with Crippen LogP contribution in [0.2, 0.25) is 5.02 Å². The minimum Gasteiger partial charge on any atom is -0.506 e. The van der Waals surface area contributed by atoms with Crippen molar-refractivity contribution in [2.45, 2.75) is 44.9 Å². The van der Waals surface area contributed by atoms with Crippen molar-refractivity contribution in [3.05, 3.63) is 28.8 Å². The minimum absolute atomic E-state index is 0.199. The SMILES string of the molecule is CC1CC2CC(C)CC2(c2ccc(O)c(Cl)c2)C1. The molecule has 1 N–H and O–H groups in total. The molecule has 0 bridgehead atoms. The maximum atomic E-state index is 9.60. The van der Waals surface area contributed by atoms with Crippen LogP contribution in [0.1, 0.15) is 45.1 Å². The summed E-state index contributed by atoms with van der Waals surface area (Å²) < 4.78 is 0. The lowest BCUT2D eigenvalue weighted by atomic mass is 9.73. The smallest absolute Gasteiger partial charge is 0.134 e. The number of benzene rings is 1. The fourth-order valence-electron chi connectivity index (χ4n) is 4.63. The highest BCUT2D eigenvalue weighted by Crippen LogP contribution is 2.59. The second kappa shape index (κ2) is 4.16. The van der Waals surface area contributed by atoms with Crippen LogP contribution in [-0.2, 0) is 5.41 Å². The third kappa shape index (κ3) is 1.75. The van der Waals surface area contributed by atoms with E-state index in [1.54, 1.807) is 6.07 Å². The van der Waals surface area contributed by atoms with E-state index < -0.39 is 0 Å². The van der Waals surface area contributed by atoms with Crippen LogP contribution >= 0.6 is 11.6 Å². The molecule has 0 spiro atoms. The molecule has 0 heterocycles. The van der Waals surface area contributed by atoms with E-state index in [4.69, 9.17) is 11.6 Å². The Bertz CT molecular complexity index is 454. The van der Waals surface area contributed by atoms with Gasteiger partial charge in [0.1, 0.15) is 5.75 Å². The normalized spacial score (nSPS) is 38.9. The Kier molecular flexibility index (Phi) is 2.85. The zero-order chi connectivity index (χ0) is 12.9. The van der Waals surface area contributed by atoms with Crippen molar-refractivity contribution in [3.63, 3.8) is 0 Å². The highest BCUT2D eigenvalue weighted by Gasteiger charge is 2.51. The second-order valence-electron chi connectivity index (χ2n) is 6.61. The molecule has 2 aliphatic carbocycles. The van der Waals surface area contributed by atoms with Crippen LogP contribution in [-0.4, -0.2) is 5.11 Å². The summed E-state index contributed by atoms with van der Waals surface area (Å²) in [5.41, 5.74) is 1.68. The van der Waals surface area contributed by atoms with Gasteiger partial charge in [-0.1, -0.05) is 31.5 Å². The molecule has 2 saturated carbocycles. The van der Waals surface area contributed by atoms with Crippen molar-refractivity contribution in [1.82, 2.24) is 0 Å². The van der Waals surface area contributed by atoms with Gasteiger partial charge in [-0.15, -0.1) is 0 Å². The minimum atomic E-state index is 0.199. The van der Waals surface area contributed by atoms with Crippen LogP contribution in [0.3, 0.4) is 0 Å². The average molecular weight is 265 g/mol. The van der Waals surface area contributed by atoms with Crippen molar-refractivity contribution in [3.8, 4) is 5.75 Å². The summed E-state index contributed by atoms with van der Waals surface area (Å²) >= 11 is 6.10. The summed E-state index contributed by atoms with van der Waals surface area (Å²) in [6.07, 6.45) is 5.26. The van der Waals surface area contributed by atoms with Gasteiger partial charge in [0.05, 0.1) is 5.02 Å². The van der Waals surface area contributed by atoms with Crippen molar-refractivity contribution >= 4 is 11.6 Å². The predicted octanol–water partition coefficient (Wildman–Crippen LogP) is 4.76. The molecular weight excluding hydrogens is 244 g/mol. The van der Waals surface area contributed by atoms with Gasteiger partial charge in [-0.3, -0.25) is 0 Å². The molecule has 0 amide bonds. The summed E-state index contributed by atoms with van der Waals surface area (Å²) in [4.78, 5) is 0. The quantitative estimate of drug-likeness (QED) is 0.775. The van der Waals surface area contributed by atoms with E-state index >= 15 is 0 Å². The van der Waals surface area contributed by atoms with Gasteiger partial charge in [-0.05, 0) is 66.5 Å². The predicted molar refractivity (Wildman–Crippen MR) is 75.1 cm³/mol. The highest BCUT2D eigenvalue weighted by atomic mass is 35.5. The lowest BCUT2D eigenvalue weighted by Gasteiger charge is -2.31. The van der Waals surface area contributed by atoms with Gasteiger partial charge in [-0.25, -0.2) is 0 Å². The van der Waals surface area contributed by atoms with Crippen molar-refractivity contribution < 1.29 is 5.11 Å². The molecular formula is C16H21ClO. The monoisotopic (exact) mass is 264 g/mol. The summed E-state index contributed by atoms with van der Waals surface area (Å²) in [5, 5.41) is 10.1. The summed E-state index contributed by atoms with van der Waals surface area (Å²) in [7, 11) is 0. The first-order valence-corrected chi connectivity index (χ1v) is 7.38. The molecule has 18 heavy (non-hydrogen) atoms. The lowest BCUT2D eigenvalue weighted by Crippen LogP contribution is -2.25. The molecule has 98 valence electrons. The van der Waals surface area contributed by atoms with E-state index in [2.05, 4.69) is 19.9 Å². The molecule has 2 unspecified atom stereocenters. The third-order valence-electron chi connectivity index (χ3n) is 5.10. The van der Waals surface area contributed by atoms with Crippen molar-refractivity contribution in [2.24, 2.45) is 17.8 Å². The number of aromatic hydroxyl groups is 1. The Morgan fingerprint density at radius 3 is 2.33 bits per heavy atom. The van der Waals surface area contributed by atoms with Crippen LogP contribution in [0, 0.1) is 17.8 Å². The molecule has 1 aromatic rings. The fourth-order valence-corrected chi connectivity index (χ4v) is 4.81. The Morgan fingerprint density at radius 2 is 1.78 bits per heavy atom. The molecule has 1 aromatic carbocycles. The summed E-state index contributed by atoms with van der Waals surface area (Å²) in [6.45, 7) is 4.74. The van der Waals surface area contributed by atoms with Gasteiger partial charge in [0, 0.05) is 0 Å². The zero-order valence-corrected chi connectivity index (χ0v) is 11.9. The maximum absolute atomic E-state index is 9.60. The standard InChI is InChI=1S/C16H21ClO/c1-10-5-13-6-11(2)9-16(13,8-10)12-3-4-15(18)14(17)7-12/h3-4,7,10-11,13,18H,5-6,8-9H2,1-2H3. The Morgan fingerprint density at radius 1 is 1.17 bits per heavy atom. The largest absolute Gasteiger partial charge is 0.506 e. The number of halogens is 1. The zero-order valence-electron chi connectivity index (χ0n) is 11.1. The van der Waals surface area contributed by atoms with Gasteiger partial charge < -0.3 is 5.11 Å². The highest BCUT2D eigenvalue weighted by molar-refractivity contribution is 6.32.